The smallest absolute Gasteiger partial charge is 0.336 e. The summed E-state index contributed by atoms with van der Waals surface area (Å²) in [6.07, 6.45) is 2.10. The second-order valence-electron chi connectivity index (χ2n) is 5.32. The molecule has 0 aromatic heterocycles. The highest BCUT2D eigenvalue weighted by molar-refractivity contribution is 6.20. The van der Waals surface area contributed by atoms with Gasteiger partial charge in [0.2, 0.25) is 0 Å². The summed E-state index contributed by atoms with van der Waals surface area (Å²) in [6, 6.07) is 10.7. The maximum Gasteiger partial charge on any atom is 0.336 e. The highest BCUT2D eigenvalue weighted by Gasteiger charge is 2.17. The molecule has 7 heteroatoms. The molecule has 2 rings (SSSR count). The van der Waals surface area contributed by atoms with Crippen LogP contribution in [0, 0.1) is 10.1 Å². The number of nitrogens with two attached hydrogens (primary N) is 1. The predicted molar refractivity (Wildman–Crippen MR) is 95.2 cm³/mol. The van der Waals surface area contributed by atoms with Crippen LogP contribution in [-0.4, -0.2) is 22.6 Å². The number of nitrogen functional groups attached to an aromatic ring is 1. The third-order valence-corrected chi connectivity index (χ3v) is 3.40. The summed E-state index contributed by atoms with van der Waals surface area (Å²) in [6.45, 7) is 2.26. The number of rotatable bonds is 7. The van der Waals surface area contributed by atoms with Crippen LogP contribution in [0.15, 0.2) is 42.5 Å². The topological polar surface area (TPSA) is 116 Å². The molecule has 7 nitrogen and oxygen atoms in total. The van der Waals surface area contributed by atoms with Gasteiger partial charge in [0.15, 0.2) is 5.75 Å². The number of nitro benzene ring substituents is 1. The van der Waals surface area contributed by atoms with Crippen molar-refractivity contribution in [1.29, 1.82) is 0 Å². The maximum atomic E-state index is 11.6. The van der Waals surface area contributed by atoms with Crippen molar-refractivity contribution in [1.82, 2.24) is 0 Å². The van der Waals surface area contributed by atoms with Crippen molar-refractivity contribution in [2.75, 3.05) is 12.3 Å². The molecule has 0 saturated carbocycles. The number of carboxylic acids is 1. The van der Waals surface area contributed by atoms with Crippen molar-refractivity contribution >= 4 is 29.0 Å². The number of hydrogen-bond donors (Lipinski definition) is 2. The molecule has 0 fully saturated rings. The van der Waals surface area contributed by atoms with Crippen molar-refractivity contribution < 1.29 is 19.6 Å². The molecule has 0 amide bonds. The molecule has 0 spiro atoms. The molecule has 0 aliphatic heterocycles. The average molecular weight is 342 g/mol. The SMILES string of the molecule is CCCOc1ccc(/C=C(\C(=O)O)c2ccc(N)cc2)cc1[N+](=O)[O-]. The first-order valence-corrected chi connectivity index (χ1v) is 7.64. The zero-order valence-corrected chi connectivity index (χ0v) is 13.6. The number of aliphatic carboxylic acids is 1. The molecule has 130 valence electrons. The lowest BCUT2D eigenvalue weighted by molar-refractivity contribution is -0.385. The molecular formula is C18H18N2O5. The van der Waals surface area contributed by atoms with Gasteiger partial charge in [-0.2, -0.15) is 0 Å². The largest absolute Gasteiger partial charge is 0.487 e. The minimum Gasteiger partial charge on any atom is -0.487 e. The monoisotopic (exact) mass is 342 g/mol. The molecule has 0 unspecified atom stereocenters. The first-order chi connectivity index (χ1) is 11.9. The Kier molecular flexibility index (Phi) is 5.73. The van der Waals surface area contributed by atoms with Crippen LogP contribution in [0.5, 0.6) is 5.75 Å². The molecule has 2 aromatic carbocycles. The summed E-state index contributed by atoms with van der Waals surface area (Å²) in [5.41, 5.74) is 6.78. The van der Waals surface area contributed by atoms with Crippen molar-refractivity contribution in [3.63, 3.8) is 0 Å². The van der Waals surface area contributed by atoms with Gasteiger partial charge >= 0.3 is 11.7 Å². The summed E-state index contributed by atoms with van der Waals surface area (Å²) in [7, 11) is 0. The standard InChI is InChI=1S/C18H18N2O5/c1-2-9-25-17-8-3-12(11-16(17)20(23)24)10-15(18(21)22)13-4-6-14(19)7-5-13/h3-8,10-11H,2,9,19H2,1H3,(H,21,22)/b15-10-. The fraction of sp³-hybridized carbons (Fsp3) is 0.167. The van der Waals surface area contributed by atoms with E-state index in [2.05, 4.69) is 0 Å². The molecule has 0 aliphatic rings. The Morgan fingerprint density at radius 3 is 2.52 bits per heavy atom. The molecule has 0 atom stereocenters. The highest BCUT2D eigenvalue weighted by atomic mass is 16.6. The Labute approximate surface area is 144 Å². The van der Waals surface area contributed by atoms with Crippen LogP contribution in [-0.2, 0) is 4.79 Å². The van der Waals surface area contributed by atoms with Crippen molar-refractivity contribution in [3.05, 3.63) is 63.7 Å². The van der Waals surface area contributed by atoms with Crippen LogP contribution in [0.1, 0.15) is 24.5 Å². The van der Waals surface area contributed by atoms with Gasteiger partial charge in [0.05, 0.1) is 17.1 Å². The number of nitro groups is 1. The van der Waals surface area contributed by atoms with Crippen molar-refractivity contribution in [2.45, 2.75) is 13.3 Å². The fourth-order valence-electron chi connectivity index (χ4n) is 2.20. The summed E-state index contributed by atoms with van der Waals surface area (Å²) >= 11 is 0. The maximum absolute atomic E-state index is 11.6. The summed E-state index contributed by atoms with van der Waals surface area (Å²) in [4.78, 5) is 22.2. The van der Waals surface area contributed by atoms with E-state index in [-0.39, 0.29) is 17.0 Å². The van der Waals surface area contributed by atoms with E-state index < -0.39 is 10.9 Å². The van der Waals surface area contributed by atoms with Gasteiger partial charge in [-0.25, -0.2) is 4.79 Å². The van der Waals surface area contributed by atoms with Gasteiger partial charge in [-0.3, -0.25) is 10.1 Å². The van der Waals surface area contributed by atoms with Gasteiger partial charge in [0, 0.05) is 11.8 Å². The molecule has 3 N–H and O–H groups in total. The van der Waals surface area contributed by atoms with Crippen molar-refractivity contribution in [2.24, 2.45) is 0 Å². The van der Waals surface area contributed by atoms with Crippen LogP contribution in [0.25, 0.3) is 11.6 Å². The van der Waals surface area contributed by atoms with E-state index in [1.165, 1.54) is 18.2 Å². The normalized spacial score (nSPS) is 11.2. The van der Waals surface area contributed by atoms with E-state index in [4.69, 9.17) is 10.5 Å². The number of hydrogen-bond acceptors (Lipinski definition) is 5. The second-order valence-corrected chi connectivity index (χ2v) is 5.32. The summed E-state index contributed by atoms with van der Waals surface area (Å²) in [5.74, 6) is -0.980. The van der Waals surface area contributed by atoms with E-state index in [9.17, 15) is 20.0 Å². The van der Waals surface area contributed by atoms with Crippen LogP contribution >= 0.6 is 0 Å². The van der Waals surface area contributed by atoms with E-state index in [1.54, 1.807) is 30.3 Å². The van der Waals surface area contributed by atoms with Gasteiger partial charge in [-0.1, -0.05) is 25.1 Å². The quantitative estimate of drug-likeness (QED) is 0.261. The molecule has 0 heterocycles. The molecule has 2 aromatic rings. The van der Waals surface area contributed by atoms with Crippen LogP contribution < -0.4 is 10.5 Å². The molecule has 0 radical (unpaired) electrons. The van der Waals surface area contributed by atoms with E-state index in [1.807, 2.05) is 6.92 Å². The molecule has 0 bridgehead atoms. The average Bonchev–Trinajstić information content (AvgIpc) is 2.59. The molecule has 25 heavy (non-hydrogen) atoms. The first-order valence-electron chi connectivity index (χ1n) is 7.64. The lowest BCUT2D eigenvalue weighted by atomic mass is 10.0. The Balaban J connectivity index is 2.45. The van der Waals surface area contributed by atoms with Gasteiger partial charge in [-0.05, 0) is 41.8 Å². The van der Waals surface area contributed by atoms with E-state index in [0.29, 0.717) is 23.4 Å². The van der Waals surface area contributed by atoms with E-state index in [0.717, 1.165) is 6.42 Å². The first kappa shape index (κ1) is 18.0. The third-order valence-electron chi connectivity index (χ3n) is 3.40. The Bertz CT molecular complexity index is 813. The zero-order chi connectivity index (χ0) is 18.4. The van der Waals surface area contributed by atoms with Crippen molar-refractivity contribution in [3.8, 4) is 5.75 Å². The van der Waals surface area contributed by atoms with Gasteiger partial charge in [0.1, 0.15) is 0 Å². The van der Waals surface area contributed by atoms with Gasteiger partial charge < -0.3 is 15.6 Å². The molecule has 0 saturated heterocycles. The summed E-state index contributed by atoms with van der Waals surface area (Å²) < 4.78 is 5.36. The molecular weight excluding hydrogens is 324 g/mol. The Hall–Kier alpha value is -3.35. The number of benzene rings is 2. The van der Waals surface area contributed by atoms with Crippen LogP contribution in [0.2, 0.25) is 0 Å². The third kappa shape index (κ3) is 4.57. The predicted octanol–water partition coefficient (Wildman–Crippen LogP) is 3.59. The second kappa shape index (κ2) is 7.96. The minimum atomic E-state index is -1.14. The lowest BCUT2D eigenvalue weighted by Gasteiger charge is -2.07. The number of carbonyl (C=O) groups is 1. The van der Waals surface area contributed by atoms with Gasteiger partial charge in [0.25, 0.3) is 0 Å². The number of anilines is 1. The summed E-state index contributed by atoms with van der Waals surface area (Å²) in [5, 5.41) is 20.7. The Morgan fingerprint density at radius 1 is 1.28 bits per heavy atom. The fourth-order valence-corrected chi connectivity index (χ4v) is 2.20. The number of ether oxygens (including phenoxy) is 1. The minimum absolute atomic E-state index is 0.0107. The lowest BCUT2D eigenvalue weighted by Crippen LogP contribution is -2.01. The van der Waals surface area contributed by atoms with Crippen LogP contribution in [0.3, 0.4) is 0 Å². The van der Waals surface area contributed by atoms with E-state index >= 15 is 0 Å². The Morgan fingerprint density at radius 2 is 1.96 bits per heavy atom. The molecule has 0 aliphatic carbocycles. The number of carboxylic acid groups (broad SMARTS) is 1. The zero-order valence-electron chi connectivity index (χ0n) is 13.6. The van der Waals surface area contributed by atoms with Crippen LogP contribution in [0.4, 0.5) is 11.4 Å². The highest BCUT2D eigenvalue weighted by Crippen LogP contribution is 2.30. The number of nitrogens with zero attached hydrogens (tertiary/aromatic N) is 1. The van der Waals surface area contributed by atoms with Gasteiger partial charge in [-0.15, -0.1) is 0 Å².